The molecule has 0 spiro atoms. The second kappa shape index (κ2) is 14.7. The van der Waals surface area contributed by atoms with Crippen molar-refractivity contribution in [3.63, 3.8) is 0 Å². The van der Waals surface area contributed by atoms with Gasteiger partial charge in [0.25, 0.3) is 5.91 Å². The van der Waals surface area contributed by atoms with E-state index in [-0.39, 0.29) is 30.6 Å². The monoisotopic (exact) mass is 757 g/mol. The van der Waals surface area contributed by atoms with Crippen LogP contribution < -0.4 is 0 Å². The Labute approximate surface area is 305 Å². The van der Waals surface area contributed by atoms with Gasteiger partial charge in [0.1, 0.15) is 0 Å². The van der Waals surface area contributed by atoms with Gasteiger partial charge in [0.2, 0.25) is 0 Å². The van der Waals surface area contributed by atoms with Gasteiger partial charge in [-0.25, -0.2) is 0 Å². The van der Waals surface area contributed by atoms with Gasteiger partial charge in [0.05, 0.1) is 42.5 Å². The lowest BCUT2D eigenvalue weighted by atomic mass is 9.74. The molecule has 13 heteroatoms. The lowest BCUT2D eigenvalue weighted by Gasteiger charge is -2.39. The van der Waals surface area contributed by atoms with Crippen molar-refractivity contribution in [1.29, 1.82) is 0 Å². The molecule has 0 bridgehead atoms. The Hall–Kier alpha value is -2.08. The van der Waals surface area contributed by atoms with Crippen molar-refractivity contribution in [1.82, 2.24) is 14.7 Å². The fourth-order valence-corrected chi connectivity index (χ4v) is 12.3. The number of aromatic nitrogens is 2. The zero-order valence-electron chi connectivity index (χ0n) is 30.3. The van der Waals surface area contributed by atoms with E-state index in [1.807, 2.05) is 0 Å². The van der Waals surface area contributed by atoms with Gasteiger partial charge >= 0.3 is 12.1 Å². The zero-order chi connectivity index (χ0) is 36.8. The Morgan fingerprint density at radius 1 is 1.02 bits per heavy atom. The fraction of sp³-hybridized carbons (Fsp3) is 0.703. The molecule has 0 saturated heterocycles. The fourth-order valence-electron chi connectivity index (χ4n) is 8.84. The number of halogens is 5. The van der Waals surface area contributed by atoms with E-state index in [2.05, 4.69) is 39.7 Å². The number of ether oxygens (including phenoxy) is 1. The van der Waals surface area contributed by atoms with Crippen LogP contribution in [-0.2, 0) is 20.1 Å². The van der Waals surface area contributed by atoms with Gasteiger partial charge < -0.3 is 14.1 Å². The largest absolute Gasteiger partial charge is 0.466 e. The highest BCUT2D eigenvalue weighted by Gasteiger charge is 2.63. The third-order valence-corrected chi connectivity index (χ3v) is 17.8. The summed E-state index contributed by atoms with van der Waals surface area (Å²) in [5.74, 6) is -0.270. The van der Waals surface area contributed by atoms with Gasteiger partial charge in [-0.2, -0.15) is 18.3 Å². The average molecular weight is 759 g/mol. The molecular formula is C37H52Cl2F3N3O4Si. The number of carbonyl (C=O) groups is 2. The van der Waals surface area contributed by atoms with Crippen LogP contribution in [0.2, 0.25) is 28.2 Å². The molecule has 1 amide bonds. The number of hydrogen-bond donors (Lipinski definition) is 0. The van der Waals surface area contributed by atoms with Crippen molar-refractivity contribution in [2.75, 3.05) is 13.2 Å². The van der Waals surface area contributed by atoms with Crippen LogP contribution in [0.1, 0.15) is 121 Å². The maximum atomic E-state index is 15.1. The first-order valence-electron chi connectivity index (χ1n) is 18.2. The highest BCUT2D eigenvalue weighted by atomic mass is 35.5. The average Bonchev–Trinajstić information content (AvgIpc) is 3.48. The molecule has 278 valence electrons. The molecule has 3 saturated carbocycles. The van der Waals surface area contributed by atoms with Crippen LogP contribution >= 0.6 is 23.2 Å². The van der Waals surface area contributed by atoms with Crippen LogP contribution in [0.25, 0.3) is 0 Å². The smallest absolute Gasteiger partial charge is 0.433 e. The Bertz CT molecular complexity index is 1510. The third-order valence-electron chi connectivity index (χ3n) is 12.5. The summed E-state index contributed by atoms with van der Waals surface area (Å²) in [6, 6.07) is 6.80. The Balaban J connectivity index is 1.54. The van der Waals surface area contributed by atoms with Crippen molar-refractivity contribution in [2.24, 2.45) is 22.7 Å². The minimum Gasteiger partial charge on any atom is -0.466 e. The maximum absolute atomic E-state index is 15.1. The van der Waals surface area contributed by atoms with E-state index in [1.54, 1.807) is 36.9 Å². The topological polar surface area (TPSA) is 73.7 Å². The lowest BCUT2D eigenvalue weighted by molar-refractivity contribution is -0.157. The van der Waals surface area contributed by atoms with Gasteiger partial charge in [0.15, 0.2) is 14.0 Å². The number of nitrogens with zero attached hydrogens (tertiary/aromatic N) is 3. The summed E-state index contributed by atoms with van der Waals surface area (Å²) in [4.78, 5) is 29.0. The number of esters is 1. The molecule has 1 unspecified atom stereocenters. The van der Waals surface area contributed by atoms with Crippen molar-refractivity contribution in [3.05, 3.63) is 51.3 Å². The Kier molecular flexibility index (Phi) is 11.5. The molecule has 50 heavy (non-hydrogen) atoms. The Morgan fingerprint density at radius 3 is 2.08 bits per heavy atom. The molecule has 7 nitrogen and oxygen atoms in total. The molecule has 3 aliphatic carbocycles. The molecule has 4 atom stereocenters. The van der Waals surface area contributed by atoms with Gasteiger partial charge in [0, 0.05) is 21.7 Å². The van der Waals surface area contributed by atoms with Crippen molar-refractivity contribution in [3.8, 4) is 0 Å². The van der Waals surface area contributed by atoms with E-state index >= 15 is 13.2 Å². The summed E-state index contributed by atoms with van der Waals surface area (Å²) < 4.78 is 58.5. The van der Waals surface area contributed by atoms with Crippen molar-refractivity contribution >= 4 is 43.4 Å². The number of alkyl halides is 3. The second-order valence-electron chi connectivity index (χ2n) is 15.5. The van der Waals surface area contributed by atoms with Crippen LogP contribution in [0.15, 0.2) is 24.4 Å². The van der Waals surface area contributed by atoms with Crippen LogP contribution in [0.4, 0.5) is 13.2 Å². The van der Waals surface area contributed by atoms with Crippen LogP contribution in [0, 0.1) is 22.7 Å². The number of benzene rings is 1. The van der Waals surface area contributed by atoms with Crippen molar-refractivity contribution < 1.29 is 31.9 Å². The summed E-state index contributed by atoms with van der Waals surface area (Å²) in [6.07, 6.45) is -1.75. The normalized spacial score (nSPS) is 26.7. The standard InChI is InChI=1S/C37H52Cl2F3N3O4Si/c1-8-48-34(47)36(7)17-15-23(16-18-36)45-32(37(40,41)42)25(21-43-45)33(46)44(24-19-26-27(20-24)35(26,5)6)22-30(49-50(9-2,10-3)11-4)31-28(38)13-12-14-29(31)39/h12-14,21,23-24,26-27,30H,8-11,15-20,22H2,1-7H3/t23?,24-,26+,27-,30?,36?. The molecule has 0 radical (unpaired) electrons. The highest BCUT2D eigenvalue weighted by molar-refractivity contribution is 6.73. The Morgan fingerprint density at radius 2 is 1.58 bits per heavy atom. The number of rotatable bonds is 13. The summed E-state index contributed by atoms with van der Waals surface area (Å²) in [5, 5.41) is 5.03. The number of hydrogen-bond acceptors (Lipinski definition) is 5. The first kappa shape index (κ1) is 39.1. The lowest BCUT2D eigenvalue weighted by Crippen LogP contribution is -2.46. The molecular weight excluding hydrogens is 706 g/mol. The summed E-state index contributed by atoms with van der Waals surface area (Å²) in [5.41, 5.74) is -1.59. The summed E-state index contributed by atoms with van der Waals surface area (Å²) >= 11 is 13.6. The minimum atomic E-state index is -4.84. The predicted molar refractivity (Wildman–Crippen MR) is 192 cm³/mol. The summed E-state index contributed by atoms with van der Waals surface area (Å²) in [6.45, 7) is 14.5. The number of fused-ring (bicyclic) bond motifs is 1. The quantitative estimate of drug-likeness (QED) is 0.150. The zero-order valence-corrected chi connectivity index (χ0v) is 32.9. The van der Waals surface area contributed by atoms with Crippen molar-refractivity contribution in [2.45, 2.75) is 129 Å². The van der Waals surface area contributed by atoms with Gasteiger partial charge in [-0.3, -0.25) is 14.3 Å². The summed E-state index contributed by atoms with van der Waals surface area (Å²) in [7, 11) is -2.33. The first-order valence-corrected chi connectivity index (χ1v) is 21.5. The molecule has 1 heterocycles. The van der Waals surface area contributed by atoms with Gasteiger partial charge in [-0.05, 0) is 99.9 Å². The van der Waals surface area contributed by atoms with Gasteiger partial charge in [-0.15, -0.1) is 0 Å². The maximum Gasteiger partial charge on any atom is 0.433 e. The van der Waals surface area contributed by atoms with E-state index in [4.69, 9.17) is 32.4 Å². The molecule has 0 aliphatic heterocycles. The SMILES string of the molecule is CCOC(=O)C1(C)CCC(n2ncc(C(=O)N(CC(O[Si](CC)(CC)CC)c3c(Cl)cccc3Cl)[C@H]3C[C@@H]4[C@H](C3)C4(C)C)c2C(F)(F)F)CC1. The molecule has 0 N–H and O–H groups in total. The molecule has 1 aromatic heterocycles. The van der Waals surface area contributed by atoms with Gasteiger partial charge in [-0.1, -0.05) is 63.9 Å². The van der Waals surface area contributed by atoms with E-state index < -0.39 is 49.2 Å². The molecule has 1 aromatic carbocycles. The van der Waals surface area contributed by atoms with Crippen LogP contribution in [0.5, 0.6) is 0 Å². The molecule has 2 aromatic rings. The molecule has 3 aliphatic rings. The van der Waals surface area contributed by atoms with E-state index in [0.29, 0.717) is 66.0 Å². The number of carbonyl (C=O) groups excluding carboxylic acids is 2. The minimum absolute atomic E-state index is 0.0192. The second-order valence-corrected chi connectivity index (χ2v) is 21.0. The van der Waals surface area contributed by atoms with E-state index in [9.17, 15) is 9.59 Å². The van der Waals surface area contributed by atoms with E-state index in [0.717, 1.165) is 29.0 Å². The van der Waals surface area contributed by atoms with E-state index in [1.165, 1.54) is 0 Å². The number of amides is 1. The first-order chi connectivity index (χ1) is 23.5. The van der Waals surface area contributed by atoms with Crippen LogP contribution in [-0.4, -0.2) is 54.1 Å². The highest BCUT2D eigenvalue weighted by Crippen LogP contribution is 2.67. The molecule has 5 rings (SSSR count). The van der Waals surface area contributed by atoms with Crippen LogP contribution in [0.3, 0.4) is 0 Å². The predicted octanol–water partition coefficient (Wildman–Crippen LogP) is 10.5. The molecule has 3 fully saturated rings. The third kappa shape index (κ3) is 7.40.